The van der Waals surface area contributed by atoms with Crippen LogP contribution < -0.4 is 5.73 Å². The van der Waals surface area contributed by atoms with E-state index in [-0.39, 0.29) is 10.9 Å². The van der Waals surface area contributed by atoms with E-state index in [1.54, 1.807) is 0 Å². The molecular weight excluding hydrogens is 243 g/mol. The molecule has 1 fully saturated rings. The third-order valence-corrected chi connectivity index (χ3v) is 4.98. The van der Waals surface area contributed by atoms with Crippen molar-refractivity contribution in [2.24, 2.45) is 5.73 Å². The quantitative estimate of drug-likeness (QED) is 0.877. The van der Waals surface area contributed by atoms with Crippen LogP contribution in [-0.4, -0.2) is 31.9 Å². The first-order valence-corrected chi connectivity index (χ1v) is 6.97. The normalized spacial score (nSPS) is 21.9. The zero-order valence-corrected chi connectivity index (χ0v) is 10.2. The van der Waals surface area contributed by atoms with Gasteiger partial charge in [-0.2, -0.15) is 4.31 Å². The first-order chi connectivity index (χ1) is 8.05. The minimum Gasteiger partial charge on any atom is -0.329 e. The van der Waals surface area contributed by atoms with Crippen LogP contribution in [0.2, 0.25) is 0 Å². The maximum atomic E-state index is 12.8. The van der Waals surface area contributed by atoms with Gasteiger partial charge in [-0.3, -0.25) is 0 Å². The summed E-state index contributed by atoms with van der Waals surface area (Å²) in [5.41, 5.74) is 5.56. The Morgan fingerprint density at radius 2 is 2.00 bits per heavy atom. The molecule has 1 saturated heterocycles. The summed E-state index contributed by atoms with van der Waals surface area (Å²) < 4.78 is 38.7. The van der Waals surface area contributed by atoms with E-state index < -0.39 is 15.8 Å². The lowest BCUT2D eigenvalue weighted by Crippen LogP contribution is -2.39. The van der Waals surface area contributed by atoms with Crippen molar-refractivity contribution in [1.29, 1.82) is 0 Å². The zero-order chi connectivity index (χ0) is 12.5. The summed E-state index contributed by atoms with van der Waals surface area (Å²) in [6.45, 7) is 0.808. The van der Waals surface area contributed by atoms with Crippen LogP contribution in [0, 0.1) is 5.82 Å². The molecule has 0 saturated carbocycles. The molecule has 17 heavy (non-hydrogen) atoms. The second kappa shape index (κ2) is 4.72. The van der Waals surface area contributed by atoms with E-state index in [9.17, 15) is 12.8 Å². The standard InChI is InChI=1S/C11H15FN2O2S/c12-9-3-5-11(6-4-9)17(15,16)14-7-1-2-10(14)8-13/h3-6,10H,1-2,7-8,13H2/t10-/m0/s1. The molecule has 1 aliphatic heterocycles. The molecule has 0 aliphatic carbocycles. The van der Waals surface area contributed by atoms with Crippen LogP contribution >= 0.6 is 0 Å². The Morgan fingerprint density at radius 3 is 2.59 bits per heavy atom. The maximum Gasteiger partial charge on any atom is 0.243 e. The first-order valence-electron chi connectivity index (χ1n) is 5.53. The van der Waals surface area contributed by atoms with E-state index >= 15 is 0 Å². The highest BCUT2D eigenvalue weighted by atomic mass is 32.2. The molecule has 2 rings (SSSR count). The fourth-order valence-electron chi connectivity index (χ4n) is 2.10. The van der Waals surface area contributed by atoms with Gasteiger partial charge >= 0.3 is 0 Å². The summed E-state index contributed by atoms with van der Waals surface area (Å²) in [6, 6.07) is 4.75. The molecular formula is C11H15FN2O2S. The lowest BCUT2D eigenvalue weighted by Gasteiger charge is -2.22. The molecule has 0 radical (unpaired) electrons. The highest BCUT2D eigenvalue weighted by molar-refractivity contribution is 7.89. The monoisotopic (exact) mass is 258 g/mol. The summed E-state index contributed by atoms with van der Waals surface area (Å²) in [4.78, 5) is 0.124. The Kier molecular flexibility index (Phi) is 3.46. The van der Waals surface area contributed by atoms with E-state index in [2.05, 4.69) is 0 Å². The van der Waals surface area contributed by atoms with Gasteiger partial charge in [0.05, 0.1) is 4.90 Å². The van der Waals surface area contributed by atoms with Gasteiger partial charge in [-0.25, -0.2) is 12.8 Å². The van der Waals surface area contributed by atoms with Gasteiger partial charge in [-0.05, 0) is 37.1 Å². The second-order valence-electron chi connectivity index (χ2n) is 4.10. The van der Waals surface area contributed by atoms with Crippen LogP contribution in [0.5, 0.6) is 0 Å². The van der Waals surface area contributed by atoms with Crippen LogP contribution in [0.25, 0.3) is 0 Å². The fraction of sp³-hybridized carbons (Fsp3) is 0.455. The van der Waals surface area contributed by atoms with E-state index in [0.29, 0.717) is 13.1 Å². The van der Waals surface area contributed by atoms with E-state index in [4.69, 9.17) is 5.73 Å². The van der Waals surface area contributed by atoms with Crippen molar-refractivity contribution in [1.82, 2.24) is 4.31 Å². The lowest BCUT2D eigenvalue weighted by atomic mass is 10.2. The Balaban J connectivity index is 2.33. The number of benzene rings is 1. The van der Waals surface area contributed by atoms with Crippen molar-refractivity contribution >= 4 is 10.0 Å². The Morgan fingerprint density at radius 1 is 1.35 bits per heavy atom. The molecule has 94 valence electrons. The summed E-state index contributed by atoms with van der Waals surface area (Å²) in [5.74, 6) is -0.444. The van der Waals surface area contributed by atoms with Crippen LogP contribution in [0.1, 0.15) is 12.8 Å². The van der Waals surface area contributed by atoms with Crippen molar-refractivity contribution < 1.29 is 12.8 Å². The maximum absolute atomic E-state index is 12.8. The van der Waals surface area contributed by atoms with Crippen LogP contribution in [-0.2, 0) is 10.0 Å². The van der Waals surface area contributed by atoms with Gasteiger partial charge < -0.3 is 5.73 Å². The average Bonchev–Trinajstić information content (AvgIpc) is 2.78. The Labute approximate surface area is 100 Å². The number of nitrogens with zero attached hydrogens (tertiary/aromatic N) is 1. The summed E-state index contributed by atoms with van der Waals surface area (Å²) in [5, 5.41) is 0. The summed E-state index contributed by atoms with van der Waals surface area (Å²) in [6.07, 6.45) is 1.61. The van der Waals surface area contributed by atoms with Crippen molar-refractivity contribution in [3.63, 3.8) is 0 Å². The molecule has 1 aromatic carbocycles. The van der Waals surface area contributed by atoms with Gasteiger partial charge in [0.1, 0.15) is 5.82 Å². The summed E-state index contributed by atoms with van der Waals surface area (Å²) in [7, 11) is -3.53. The molecule has 0 aromatic heterocycles. The predicted octanol–water partition coefficient (Wildman–Crippen LogP) is 0.937. The molecule has 1 heterocycles. The van der Waals surface area contributed by atoms with Gasteiger partial charge in [-0.15, -0.1) is 0 Å². The van der Waals surface area contributed by atoms with Crippen LogP contribution in [0.15, 0.2) is 29.2 Å². The van der Waals surface area contributed by atoms with Crippen LogP contribution in [0.3, 0.4) is 0 Å². The third kappa shape index (κ3) is 2.34. The Bertz CT molecular complexity index is 487. The minimum atomic E-state index is -3.53. The highest BCUT2D eigenvalue weighted by Gasteiger charge is 2.34. The molecule has 1 aromatic rings. The smallest absolute Gasteiger partial charge is 0.243 e. The molecule has 0 bridgehead atoms. The zero-order valence-electron chi connectivity index (χ0n) is 9.34. The molecule has 6 heteroatoms. The van der Waals surface area contributed by atoms with Gasteiger partial charge in [0, 0.05) is 19.1 Å². The molecule has 0 unspecified atom stereocenters. The number of hydrogen-bond acceptors (Lipinski definition) is 3. The molecule has 1 atom stereocenters. The summed E-state index contributed by atoms with van der Waals surface area (Å²) >= 11 is 0. The largest absolute Gasteiger partial charge is 0.329 e. The van der Waals surface area contributed by atoms with E-state index in [0.717, 1.165) is 25.0 Å². The van der Waals surface area contributed by atoms with Gasteiger partial charge in [-0.1, -0.05) is 0 Å². The van der Waals surface area contributed by atoms with Crippen LogP contribution in [0.4, 0.5) is 4.39 Å². The third-order valence-electron chi connectivity index (χ3n) is 3.02. The van der Waals surface area contributed by atoms with Crippen molar-refractivity contribution in [2.75, 3.05) is 13.1 Å². The molecule has 1 aliphatic rings. The van der Waals surface area contributed by atoms with Crippen molar-refractivity contribution in [2.45, 2.75) is 23.8 Å². The first kappa shape index (κ1) is 12.5. The average molecular weight is 258 g/mol. The number of nitrogens with two attached hydrogens (primary N) is 1. The number of sulfonamides is 1. The fourth-order valence-corrected chi connectivity index (χ4v) is 3.81. The van der Waals surface area contributed by atoms with E-state index in [1.807, 2.05) is 0 Å². The SMILES string of the molecule is NC[C@@H]1CCCN1S(=O)(=O)c1ccc(F)cc1. The number of rotatable bonds is 3. The number of hydrogen-bond donors (Lipinski definition) is 1. The highest BCUT2D eigenvalue weighted by Crippen LogP contribution is 2.25. The lowest BCUT2D eigenvalue weighted by molar-refractivity contribution is 0.393. The predicted molar refractivity (Wildman–Crippen MR) is 62.4 cm³/mol. The molecule has 0 amide bonds. The van der Waals surface area contributed by atoms with Gasteiger partial charge in [0.15, 0.2) is 0 Å². The molecule has 4 nitrogen and oxygen atoms in total. The molecule has 0 spiro atoms. The Hall–Kier alpha value is -0.980. The number of halogens is 1. The minimum absolute atomic E-state index is 0.124. The second-order valence-corrected chi connectivity index (χ2v) is 5.99. The van der Waals surface area contributed by atoms with Gasteiger partial charge in [0.2, 0.25) is 10.0 Å². The van der Waals surface area contributed by atoms with Gasteiger partial charge in [0.25, 0.3) is 0 Å². The van der Waals surface area contributed by atoms with Crippen molar-refractivity contribution in [3.05, 3.63) is 30.1 Å². The van der Waals surface area contributed by atoms with Crippen molar-refractivity contribution in [3.8, 4) is 0 Å². The van der Waals surface area contributed by atoms with E-state index in [1.165, 1.54) is 16.4 Å². The topological polar surface area (TPSA) is 63.4 Å². The molecule has 2 N–H and O–H groups in total.